The Morgan fingerprint density at radius 2 is 1.40 bits per heavy atom. The first kappa shape index (κ1) is 17.2. The first-order valence-electron chi connectivity index (χ1n) is 0.724. The van der Waals surface area contributed by atoms with Crippen LogP contribution < -0.4 is 0 Å². The molecule has 0 saturated heterocycles. The third-order valence-electron chi connectivity index (χ3n) is 0. The fraction of sp³-hybridized carbons (Fsp3) is 0.500. The zero-order chi connectivity index (χ0) is 2.71. The van der Waals surface area contributed by atoms with Crippen molar-refractivity contribution in [1.82, 2.24) is 0 Å². The normalized spacial score (nSPS) is 1.60. The minimum atomic E-state index is 0. The first-order valence-corrected chi connectivity index (χ1v) is 0.724. The molecule has 0 saturated carbocycles. The van der Waals surface area contributed by atoms with Crippen molar-refractivity contribution in [3.63, 3.8) is 0 Å². The van der Waals surface area contributed by atoms with Crippen LogP contribution in [0.4, 0.5) is 0 Å². The molecule has 0 aromatic rings. The van der Waals surface area contributed by atoms with Crippen LogP contribution in [0.25, 0.3) is 0 Å². The molecule has 0 radical (unpaired) electrons. The smallest absolute Gasteiger partial charge is 0.0587 e. The molecule has 0 aliphatic rings. The van der Waals surface area contributed by atoms with Crippen LogP contribution >= 0.6 is 0 Å². The second kappa shape index (κ2) is 21.9. The summed E-state index contributed by atoms with van der Waals surface area (Å²) < 4.78 is 0. The summed E-state index contributed by atoms with van der Waals surface area (Å²) in [6.07, 6.45) is 0. The molecule has 0 aliphatic carbocycles. The maximum absolute atomic E-state index is 7.32. The number of hydrogen-bond donors (Lipinski definition) is 0. The van der Waals surface area contributed by atoms with Gasteiger partial charge in [-0.2, -0.15) is 5.26 Å². The van der Waals surface area contributed by atoms with Crippen LogP contribution in [0.5, 0.6) is 0 Å². The van der Waals surface area contributed by atoms with E-state index in [0.717, 1.165) is 0 Å². The summed E-state index contributed by atoms with van der Waals surface area (Å²) in [6.45, 7) is 1.43. The number of nitriles is 1. The summed E-state index contributed by atoms with van der Waals surface area (Å²) in [6, 6.07) is 1.75. The van der Waals surface area contributed by atoms with Crippen molar-refractivity contribution in [2.75, 3.05) is 0 Å². The maximum Gasteiger partial charge on any atom is 0.0587 e. The Kier molecular flexibility index (Phi) is 75.4. The van der Waals surface area contributed by atoms with Crippen molar-refractivity contribution in [3.8, 4) is 6.07 Å². The molecular formula is C2H3NZn2. The molecule has 20 valence electrons. The Bertz CT molecular complexity index is 29.1. The van der Waals surface area contributed by atoms with Crippen LogP contribution in [0.15, 0.2) is 0 Å². The molecule has 0 spiro atoms. The monoisotopic (exact) mass is 169 g/mol. The third-order valence-corrected chi connectivity index (χ3v) is 0. The van der Waals surface area contributed by atoms with Crippen molar-refractivity contribution >= 4 is 0 Å². The Hall–Kier alpha value is 0.737. The van der Waals surface area contributed by atoms with E-state index in [0.29, 0.717) is 0 Å². The van der Waals surface area contributed by atoms with Crippen LogP contribution in [0.2, 0.25) is 0 Å². The van der Waals surface area contributed by atoms with E-state index in [2.05, 4.69) is 0 Å². The molecule has 0 amide bonds. The molecule has 0 unspecified atom stereocenters. The fourth-order valence-corrected chi connectivity index (χ4v) is 0. The van der Waals surface area contributed by atoms with Gasteiger partial charge >= 0.3 is 0 Å². The summed E-state index contributed by atoms with van der Waals surface area (Å²) in [5.74, 6) is 0. The van der Waals surface area contributed by atoms with Crippen LogP contribution in [0, 0.1) is 11.3 Å². The molecule has 0 aromatic heterocycles. The molecule has 1 nitrogen and oxygen atoms in total. The predicted molar refractivity (Wildman–Crippen MR) is 11.3 cm³/mol. The van der Waals surface area contributed by atoms with Gasteiger partial charge in [-0.15, -0.1) is 0 Å². The van der Waals surface area contributed by atoms with Gasteiger partial charge in [-0.1, -0.05) is 0 Å². The average Bonchev–Trinajstić information content (AvgIpc) is 0.918. The van der Waals surface area contributed by atoms with E-state index < -0.39 is 0 Å². The Balaban J connectivity index is -0.0000000200. The Morgan fingerprint density at radius 1 is 1.40 bits per heavy atom. The van der Waals surface area contributed by atoms with Gasteiger partial charge in [0.05, 0.1) is 6.07 Å². The molecule has 0 aromatic carbocycles. The summed E-state index contributed by atoms with van der Waals surface area (Å²) in [5.41, 5.74) is 0. The zero-order valence-corrected chi connectivity index (χ0v) is 9.30. The molecule has 0 rings (SSSR count). The second-order valence-electron chi connectivity index (χ2n) is 0.224. The largest absolute Gasteiger partial charge is 0.199 e. The summed E-state index contributed by atoms with van der Waals surface area (Å²) in [7, 11) is 0. The minimum Gasteiger partial charge on any atom is -0.199 e. The van der Waals surface area contributed by atoms with Crippen LogP contribution in [0.1, 0.15) is 6.92 Å². The Labute approximate surface area is 57.3 Å². The van der Waals surface area contributed by atoms with E-state index in [1.54, 1.807) is 6.07 Å². The fourth-order valence-electron chi connectivity index (χ4n) is 0. The molecule has 0 fully saturated rings. The van der Waals surface area contributed by atoms with E-state index in [4.69, 9.17) is 5.26 Å². The summed E-state index contributed by atoms with van der Waals surface area (Å²) in [4.78, 5) is 0. The van der Waals surface area contributed by atoms with Gasteiger partial charge in [0.25, 0.3) is 0 Å². The molecule has 0 bridgehead atoms. The van der Waals surface area contributed by atoms with Gasteiger partial charge in [-0.25, -0.2) is 0 Å². The number of rotatable bonds is 0. The molecular weight excluding hydrogens is 169 g/mol. The van der Waals surface area contributed by atoms with E-state index in [9.17, 15) is 0 Å². The average molecular weight is 172 g/mol. The van der Waals surface area contributed by atoms with Crippen molar-refractivity contribution in [2.45, 2.75) is 6.92 Å². The van der Waals surface area contributed by atoms with Crippen molar-refractivity contribution in [2.24, 2.45) is 0 Å². The van der Waals surface area contributed by atoms with E-state index in [1.807, 2.05) is 0 Å². The first-order chi connectivity index (χ1) is 1.41. The molecule has 0 atom stereocenters. The maximum atomic E-state index is 7.32. The van der Waals surface area contributed by atoms with Crippen molar-refractivity contribution in [1.29, 1.82) is 5.26 Å². The zero-order valence-electron chi connectivity index (χ0n) is 3.36. The van der Waals surface area contributed by atoms with Gasteiger partial charge < -0.3 is 0 Å². The van der Waals surface area contributed by atoms with Crippen molar-refractivity contribution < 1.29 is 39.0 Å². The molecule has 5 heavy (non-hydrogen) atoms. The molecule has 0 N–H and O–H groups in total. The van der Waals surface area contributed by atoms with Gasteiger partial charge in [-0.3, -0.25) is 0 Å². The van der Waals surface area contributed by atoms with Crippen LogP contribution in [-0.4, -0.2) is 0 Å². The standard InChI is InChI=1S/C2H3N.2Zn/c1-2-3;;/h1H3;;. The van der Waals surface area contributed by atoms with E-state index >= 15 is 0 Å². The van der Waals surface area contributed by atoms with Gasteiger partial charge in [0.2, 0.25) is 0 Å². The molecule has 0 aliphatic heterocycles. The van der Waals surface area contributed by atoms with Gasteiger partial charge in [0, 0.05) is 45.9 Å². The van der Waals surface area contributed by atoms with E-state index in [1.165, 1.54) is 6.92 Å². The van der Waals surface area contributed by atoms with Gasteiger partial charge in [0.15, 0.2) is 0 Å². The number of hydrogen-bond acceptors (Lipinski definition) is 1. The van der Waals surface area contributed by atoms with Gasteiger partial charge in [0.1, 0.15) is 0 Å². The topological polar surface area (TPSA) is 23.8 Å². The summed E-state index contributed by atoms with van der Waals surface area (Å²) >= 11 is 0. The third kappa shape index (κ3) is 65.4. The quantitative estimate of drug-likeness (QED) is 0.488. The molecule has 3 heteroatoms. The van der Waals surface area contributed by atoms with Crippen LogP contribution in [-0.2, 0) is 39.0 Å². The minimum absolute atomic E-state index is 0. The summed E-state index contributed by atoms with van der Waals surface area (Å²) in [5, 5.41) is 7.32. The SMILES string of the molecule is CC#N.[Zn].[Zn]. The second-order valence-corrected chi connectivity index (χ2v) is 0.224. The van der Waals surface area contributed by atoms with Gasteiger partial charge in [-0.05, 0) is 0 Å². The van der Waals surface area contributed by atoms with Crippen LogP contribution in [0.3, 0.4) is 0 Å². The predicted octanol–water partition coefficient (Wildman–Crippen LogP) is 0.525. The van der Waals surface area contributed by atoms with E-state index in [-0.39, 0.29) is 39.0 Å². The number of nitrogens with zero attached hydrogens (tertiary/aromatic N) is 1. The Morgan fingerprint density at radius 3 is 1.40 bits per heavy atom. The molecule has 0 heterocycles. The van der Waals surface area contributed by atoms with Crippen molar-refractivity contribution in [3.05, 3.63) is 0 Å².